The van der Waals surface area contributed by atoms with Crippen molar-refractivity contribution >= 4 is 22.4 Å². The summed E-state index contributed by atoms with van der Waals surface area (Å²) in [5.74, 6) is -0.444. The van der Waals surface area contributed by atoms with Gasteiger partial charge >= 0.3 is 0 Å². The van der Waals surface area contributed by atoms with Gasteiger partial charge in [-0.25, -0.2) is 9.37 Å². The molecule has 0 radical (unpaired) electrons. The minimum atomic E-state index is -0.288. The smallest absolute Gasteiger partial charge is 0.261 e. The molecule has 5 nitrogen and oxygen atoms in total. The van der Waals surface area contributed by atoms with Crippen LogP contribution in [0.25, 0.3) is 16.5 Å². The van der Waals surface area contributed by atoms with E-state index in [1.807, 2.05) is 12.1 Å². The van der Waals surface area contributed by atoms with E-state index in [4.69, 9.17) is 0 Å². The van der Waals surface area contributed by atoms with Crippen molar-refractivity contribution in [2.45, 2.75) is 6.54 Å². The van der Waals surface area contributed by atoms with E-state index < -0.39 is 0 Å². The van der Waals surface area contributed by atoms with Crippen molar-refractivity contribution in [3.63, 3.8) is 0 Å². The van der Waals surface area contributed by atoms with Crippen LogP contribution in [0, 0.1) is 5.82 Å². The van der Waals surface area contributed by atoms with Crippen molar-refractivity contribution in [3.05, 3.63) is 82.7 Å². The number of carbonyl (C=O) groups is 1. The molecule has 1 amide bonds. The number of hydrogen-bond donors (Lipinski definition) is 0. The molecule has 0 saturated heterocycles. The Kier molecular flexibility index (Phi) is 4.08. The fourth-order valence-corrected chi connectivity index (χ4v) is 3.08. The molecule has 2 heterocycles. The van der Waals surface area contributed by atoms with Crippen LogP contribution < -0.4 is 5.56 Å². The van der Waals surface area contributed by atoms with Gasteiger partial charge in [-0.1, -0.05) is 30.3 Å². The molecule has 1 aliphatic heterocycles. The fourth-order valence-electron chi connectivity index (χ4n) is 3.08. The molecule has 1 aliphatic rings. The van der Waals surface area contributed by atoms with Crippen LogP contribution in [0.2, 0.25) is 0 Å². The number of para-hydroxylation sites is 1. The van der Waals surface area contributed by atoms with Crippen LogP contribution in [0.5, 0.6) is 0 Å². The number of aromatic nitrogens is 2. The second kappa shape index (κ2) is 6.55. The van der Waals surface area contributed by atoms with Gasteiger partial charge in [-0.15, -0.1) is 0 Å². The van der Waals surface area contributed by atoms with E-state index in [0.717, 1.165) is 11.1 Å². The summed E-state index contributed by atoms with van der Waals surface area (Å²) in [6.45, 7) is 0.864. The zero-order chi connectivity index (χ0) is 18.1. The predicted octanol–water partition coefficient (Wildman–Crippen LogP) is 2.46. The minimum Gasteiger partial charge on any atom is -0.333 e. The summed E-state index contributed by atoms with van der Waals surface area (Å²) in [6.07, 6.45) is 3.36. The lowest BCUT2D eigenvalue weighted by Crippen LogP contribution is -2.35. The highest BCUT2D eigenvalue weighted by Crippen LogP contribution is 2.21. The molecule has 6 heteroatoms. The fraction of sp³-hybridized carbons (Fsp3) is 0.150. The third-order valence-electron chi connectivity index (χ3n) is 4.52. The zero-order valence-electron chi connectivity index (χ0n) is 13.9. The molecule has 26 heavy (non-hydrogen) atoms. The predicted molar refractivity (Wildman–Crippen MR) is 97.0 cm³/mol. The van der Waals surface area contributed by atoms with Crippen molar-refractivity contribution < 1.29 is 9.18 Å². The molecule has 0 saturated carbocycles. The maximum absolute atomic E-state index is 13.0. The summed E-state index contributed by atoms with van der Waals surface area (Å²) in [7, 11) is 0. The maximum Gasteiger partial charge on any atom is 0.261 e. The Balaban J connectivity index is 1.49. The largest absolute Gasteiger partial charge is 0.333 e. The van der Waals surface area contributed by atoms with Gasteiger partial charge in [0.15, 0.2) is 0 Å². The Morgan fingerprint density at radius 2 is 1.88 bits per heavy atom. The average Bonchev–Trinajstić information content (AvgIpc) is 3.15. The third kappa shape index (κ3) is 3.01. The molecule has 2 aromatic carbocycles. The van der Waals surface area contributed by atoms with Crippen molar-refractivity contribution in [2.75, 3.05) is 13.1 Å². The van der Waals surface area contributed by atoms with Gasteiger partial charge in [-0.3, -0.25) is 14.2 Å². The number of hydrogen-bond acceptors (Lipinski definition) is 3. The first-order valence-corrected chi connectivity index (χ1v) is 8.29. The SMILES string of the molecule is O=C(Cn1cnc2ccccc2c1=O)N1CC=C(c2ccc(F)cc2)C1. The van der Waals surface area contributed by atoms with Gasteiger partial charge in [0.05, 0.1) is 17.2 Å². The number of benzene rings is 2. The number of fused-ring (bicyclic) bond motifs is 1. The normalized spacial score (nSPS) is 13.9. The van der Waals surface area contributed by atoms with Gasteiger partial charge in [-0.05, 0) is 35.4 Å². The van der Waals surface area contributed by atoms with Crippen LogP contribution in [0.4, 0.5) is 4.39 Å². The van der Waals surface area contributed by atoms with Crippen molar-refractivity contribution in [1.82, 2.24) is 14.5 Å². The number of carbonyl (C=O) groups excluding carboxylic acids is 1. The lowest BCUT2D eigenvalue weighted by atomic mass is 10.1. The average molecular weight is 349 g/mol. The van der Waals surface area contributed by atoms with Crippen LogP contribution in [0.1, 0.15) is 5.56 Å². The van der Waals surface area contributed by atoms with Crippen molar-refractivity contribution in [2.24, 2.45) is 0 Å². The van der Waals surface area contributed by atoms with Gasteiger partial charge in [-0.2, -0.15) is 0 Å². The molecule has 3 aromatic rings. The molecule has 0 atom stereocenters. The van der Waals surface area contributed by atoms with Crippen LogP contribution in [-0.2, 0) is 11.3 Å². The number of rotatable bonds is 3. The van der Waals surface area contributed by atoms with E-state index in [1.54, 1.807) is 35.2 Å². The Morgan fingerprint density at radius 1 is 1.12 bits per heavy atom. The number of halogens is 1. The van der Waals surface area contributed by atoms with Gasteiger partial charge in [0.2, 0.25) is 5.91 Å². The first-order valence-electron chi connectivity index (χ1n) is 8.29. The summed E-state index contributed by atoms with van der Waals surface area (Å²) in [5.41, 5.74) is 2.26. The van der Waals surface area contributed by atoms with E-state index in [0.29, 0.717) is 24.0 Å². The lowest BCUT2D eigenvalue weighted by molar-refractivity contribution is -0.130. The Labute approximate surface area is 149 Å². The molecule has 0 unspecified atom stereocenters. The van der Waals surface area contributed by atoms with Crippen LogP contribution in [0.3, 0.4) is 0 Å². The summed E-state index contributed by atoms with van der Waals surface area (Å²) in [6, 6.07) is 13.3. The van der Waals surface area contributed by atoms with E-state index in [1.165, 1.54) is 23.0 Å². The van der Waals surface area contributed by atoms with Crippen LogP contribution >= 0.6 is 0 Å². The van der Waals surface area contributed by atoms with Crippen molar-refractivity contribution in [1.29, 1.82) is 0 Å². The summed E-state index contributed by atoms with van der Waals surface area (Å²) in [5, 5.41) is 0.495. The molecular formula is C20H16FN3O2. The minimum absolute atomic E-state index is 0.0544. The molecule has 130 valence electrons. The number of nitrogens with zero attached hydrogens (tertiary/aromatic N) is 3. The summed E-state index contributed by atoms with van der Waals surface area (Å²) in [4.78, 5) is 31.0. The Morgan fingerprint density at radius 3 is 2.69 bits per heavy atom. The van der Waals surface area contributed by atoms with Gasteiger partial charge in [0.1, 0.15) is 12.4 Å². The first-order chi connectivity index (χ1) is 12.6. The molecule has 0 bridgehead atoms. The lowest BCUT2D eigenvalue weighted by Gasteiger charge is -2.17. The first kappa shape index (κ1) is 16.2. The third-order valence-corrected chi connectivity index (χ3v) is 4.52. The standard InChI is InChI=1S/C20H16FN3O2/c21-16-7-5-14(6-8-16)15-9-10-23(11-15)19(25)12-24-13-22-18-4-2-1-3-17(18)20(24)26/h1-9,13H,10-12H2. The van der Waals surface area contributed by atoms with Gasteiger partial charge < -0.3 is 4.90 Å². The van der Waals surface area contributed by atoms with Gasteiger partial charge in [0.25, 0.3) is 5.56 Å². The molecule has 4 rings (SSSR count). The highest BCUT2D eigenvalue weighted by Gasteiger charge is 2.21. The summed E-state index contributed by atoms with van der Waals surface area (Å²) >= 11 is 0. The topological polar surface area (TPSA) is 55.2 Å². The van der Waals surface area contributed by atoms with E-state index in [9.17, 15) is 14.0 Å². The van der Waals surface area contributed by atoms with Crippen LogP contribution in [0.15, 0.2) is 65.7 Å². The zero-order valence-corrected chi connectivity index (χ0v) is 13.9. The molecule has 0 N–H and O–H groups in total. The van der Waals surface area contributed by atoms with E-state index in [2.05, 4.69) is 4.98 Å². The molecule has 0 aliphatic carbocycles. The molecule has 1 aromatic heterocycles. The second-order valence-corrected chi connectivity index (χ2v) is 6.21. The number of amides is 1. The maximum atomic E-state index is 13.0. The molecule has 0 spiro atoms. The quantitative estimate of drug-likeness (QED) is 0.730. The highest BCUT2D eigenvalue weighted by atomic mass is 19.1. The highest BCUT2D eigenvalue weighted by molar-refractivity contribution is 5.82. The Bertz CT molecular complexity index is 1070. The Hall–Kier alpha value is -3.28. The van der Waals surface area contributed by atoms with Crippen LogP contribution in [-0.4, -0.2) is 33.4 Å². The van der Waals surface area contributed by atoms with E-state index >= 15 is 0 Å². The second-order valence-electron chi connectivity index (χ2n) is 6.21. The summed E-state index contributed by atoms with van der Waals surface area (Å²) < 4.78 is 14.4. The van der Waals surface area contributed by atoms with Crippen molar-refractivity contribution in [3.8, 4) is 0 Å². The monoisotopic (exact) mass is 349 g/mol. The molecular weight excluding hydrogens is 333 g/mol. The van der Waals surface area contributed by atoms with Gasteiger partial charge in [0, 0.05) is 13.1 Å². The van der Waals surface area contributed by atoms with E-state index in [-0.39, 0.29) is 23.8 Å². The molecule has 0 fully saturated rings.